The molecule has 0 saturated carbocycles. The van der Waals surface area contributed by atoms with Crippen LogP contribution in [0.25, 0.3) is 0 Å². The van der Waals surface area contributed by atoms with Crippen LogP contribution in [0.15, 0.2) is 6.20 Å². The molecule has 18 heavy (non-hydrogen) atoms. The maximum absolute atomic E-state index is 11.4. The van der Waals surface area contributed by atoms with Gasteiger partial charge < -0.3 is 20.2 Å². The van der Waals surface area contributed by atoms with E-state index < -0.39 is 12.5 Å². The molecule has 6 nitrogen and oxygen atoms in total. The molecule has 0 saturated heterocycles. The standard InChI is InChI=1S/C12H18N2O4/c1-17-11(15)4-3-8-7-14-10(6-13)9(8)5-12(16)18-2/h7,14H,3-6,13H2,1-2H3/i6T/t6-/m1/s1. The molecule has 0 aliphatic heterocycles. The van der Waals surface area contributed by atoms with Crippen molar-refractivity contribution in [2.24, 2.45) is 5.73 Å². The number of aromatic nitrogens is 1. The maximum atomic E-state index is 11.4. The Bertz CT molecular complexity index is 457. The Labute approximate surface area is 107 Å². The van der Waals surface area contributed by atoms with Gasteiger partial charge in [-0.25, -0.2) is 0 Å². The normalized spacial score (nSPS) is 12.7. The van der Waals surface area contributed by atoms with Crippen molar-refractivity contribution in [1.29, 1.82) is 0 Å². The van der Waals surface area contributed by atoms with Gasteiger partial charge in [-0.2, -0.15) is 0 Å². The van der Waals surface area contributed by atoms with Crippen molar-refractivity contribution in [2.45, 2.75) is 25.8 Å². The molecule has 0 aliphatic carbocycles. The number of H-pyrrole nitrogens is 1. The summed E-state index contributed by atoms with van der Waals surface area (Å²) in [5, 5.41) is 0. The molecule has 6 heteroatoms. The first kappa shape index (κ1) is 12.6. The van der Waals surface area contributed by atoms with E-state index in [4.69, 9.17) is 7.10 Å². The number of hydrogen-bond acceptors (Lipinski definition) is 5. The van der Waals surface area contributed by atoms with Crippen LogP contribution < -0.4 is 5.73 Å². The quantitative estimate of drug-likeness (QED) is 0.714. The Hall–Kier alpha value is -1.82. The molecular weight excluding hydrogens is 236 g/mol. The highest BCUT2D eigenvalue weighted by Crippen LogP contribution is 2.17. The van der Waals surface area contributed by atoms with Crippen molar-refractivity contribution in [3.63, 3.8) is 0 Å². The van der Waals surface area contributed by atoms with Crippen LogP contribution in [0, 0.1) is 0 Å². The molecule has 0 aliphatic rings. The summed E-state index contributed by atoms with van der Waals surface area (Å²) < 4.78 is 16.7. The highest BCUT2D eigenvalue weighted by molar-refractivity contribution is 5.74. The first-order valence-electron chi connectivity index (χ1n) is 6.07. The molecule has 1 atom stereocenters. The van der Waals surface area contributed by atoms with Crippen LogP contribution in [0.3, 0.4) is 0 Å². The molecule has 1 aromatic rings. The van der Waals surface area contributed by atoms with Crippen molar-refractivity contribution in [3.05, 3.63) is 23.0 Å². The Balaban J connectivity index is 2.90. The summed E-state index contributed by atoms with van der Waals surface area (Å²) in [6.07, 6.45) is 2.31. The fraction of sp³-hybridized carbons (Fsp3) is 0.500. The van der Waals surface area contributed by atoms with Crippen LogP contribution in [-0.4, -0.2) is 31.1 Å². The highest BCUT2D eigenvalue weighted by Gasteiger charge is 2.15. The van der Waals surface area contributed by atoms with E-state index in [-0.39, 0.29) is 18.8 Å². The first-order valence-corrected chi connectivity index (χ1v) is 5.50. The number of rotatable bonds is 6. The van der Waals surface area contributed by atoms with Crippen LogP contribution >= 0.6 is 0 Å². The molecule has 0 aromatic carbocycles. The van der Waals surface area contributed by atoms with E-state index in [1.165, 1.54) is 14.2 Å². The number of methoxy groups -OCH3 is 2. The zero-order valence-corrected chi connectivity index (χ0v) is 10.5. The topological polar surface area (TPSA) is 94.4 Å². The zero-order valence-electron chi connectivity index (χ0n) is 11.5. The molecule has 0 radical (unpaired) electrons. The lowest BCUT2D eigenvalue weighted by atomic mass is 10.0. The van der Waals surface area contributed by atoms with Gasteiger partial charge in [-0.05, 0) is 17.5 Å². The predicted molar refractivity (Wildman–Crippen MR) is 64.7 cm³/mol. The van der Waals surface area contributed by atoms with Gasteiger partial charge in [0.05, 0.1) is 20.6 Å². The van der Waals surface area contributed by atoms with Gasteiger partial charge in [-0.15, -0.1) is 0 Å². The van der Waals surface area contributed by atoms with Gasteiger partial charge in [0.15, 0.2) is 0 Å². The molecule has 3 N–H and O–H groups in total. The maximum Gasteiger partial charge on any atom is 0.310 e. The molecular formula is C12H18N2O4. The molecule has 1 heterocycles. The van der Waals surface area contributed by atoms with Gasteiger partial charge in [0.1, 0.15) is 0 Å². The molecule has 100 valence electrons. The number of aryl methyl sites for hydroxylation is 1. The monoisotopic (exact) mass is 256 g/mol. The van der Waals surface area contributed by atoms with Crippen molar-refractivity contribution in [3.8, 4) is 0 Å². The third-order valence-electron chi connectivity index (χ3n) is 2.66. The lowest BCUT2D eigenvalue weighted by molar-refractivity contribution is -0.140. The van der Waals surface area contributed by atoms with Crippen LogP contribution in [0.5, 0.6) is 0 Å². The number of nitrogens with one attached hydrogen (secondary N) is 1. The third-order valence-corrected chi connectivity index (χ3v) is 2.66. The molecule has 0 spiro atoms. The highest BCUT2D eigenvalue weighted by atomic mass is 16.5. The number of nitrogens with two attached hydrogens (primary N) is 1. The minimum Gasteiger partial charge on any atom is -0.469 e. The second kappa shape index (κ2) is 6.80. The Kier molecular flexibility index (Phi) is 4.78. The summed E-state index contributed by atoms with van der Waals surface area (Å²) in [5.74, 6) is -0.747. The number of carbonyl (C=O) groups is 2. The van der Waals surface area contributed by atoms with Gasteiger partial charge >= 0.3 is 11.9 Å². The lowest BCUT2D eigenvalue weighted by Crippen LogP contribution is -2.10. The first-order chi connectivity index (χ1) is 8.99. The van der Waals surface area contributed by atoms with E-state index in [1.54, 1.807) is 6.20 Å². The van der Waals surface area contributed by atoms with E-state index >= 15 is 0 Å². The van der Waals surface area contributed by atoms with Crippen LogP contribution in [-0.2, 0) is 38.4 Å². The Morgan fingerprint density at radius 2 is 2.06 bits per heavy atom. The van der Waals surface area contributed by atoms with Crippen LogP contribution in [0.1, 0.15) is 24.6 Å². The zero-order chi connectivity index (χ0) is 14.4. The smallest absolute Gasteiger partial charge is 0.310 e. The van der Waals surface area contributed by atoms with E-state index in [1.807, 2.05) is 0 Å². The Morgan fingerprint density at radius 1 is 1.39 bits per heavy atom. The summed E-state index contributed by atoms with van der Waals surface area (Å²) in [5.41, 5.74) is 7.38. The molecule has 0 amide bonds. The lowest BCUT2D eigenvalue weighted by Gasteiger charge is -2.05. The summed E-state index contributed by atoms with van der Waals surface area (Å²) in [7, 11) is 2.61. The number of esters is 2. The molecule has 1 rings (SSSR count). The van der Waals surface area contributed by atoms with Crippen molar-refractivity contribution in [2.75, 3.05) is 14.2 Å². The van der Waals surface area contributed by atoms with Crippen molar-refractivity contribution < 1.29 is 20.4 Å². The van der Waals surface area contributed by atoms with Crippen molar-refractivity contribution >= 4 is 11.9 Å². The average Bonchev–Trinajstić information content (AvgIpc) is 2.78. The number of ether oxygens (including phenoxy) is 2. The van der Waals surface area contributed by atoms with Crippen molar-refractivity contribution in [1.82, 2.24) is 4.98 Å². The largest absolute Gasteiger partial charge is 0.469 e. The second-order valence-electron chi connectivity index (χ2n) is 3.70. The molecule has 0 fully saturated rings. The van der Waals surface area contributed by atoms with Crippen LogP contribution in [0.2, 0.25) is 0 Å². The fourth-order valence-electron chi connectivity index (χ4n) is 1.65. The summed E-state index contributed by atoms with van der Waals surface area (Å²) >= 11 is 0. The number of hydrogen-bond donors (Lipinski definition) is 2. The Morgan fingerprint density at radius 3 is 2.61 bits per heavy atom. The van der Waals surface area contributed by atoms with Crippen LogP contribution in [0.4, 0.5) is 0 Å². The SMILES string of the molecule is [3H][C@@H](N)c1[nH]cc(CCC(=O)OC)c1CC(=O)OC. The number of aromatic amines is 1. The van der Waals surface area contributed by atoms with E-state index in [0.717, 1.165) is 5.56 Å². The van der Waals surface area contributed by atoms with E-state index in [0.29, 0.717) is 17.7 Å². The molecule has 0 bridgehead atoms. The van der Waals surface area contributed by atoms with Gasteiger partial charge in [0.25, 0.3) is 0 Å². The predicted octanol–water partition coefficient (Wildman–Crippen LogP) is 0.294. The van der Waals surface area contributed by atoms with E-state index in [2.05, 4.69) is 14.5 Å². The minimum absolute atomic E-state index is 0.0262. The second-order valence-corrected chi connectivity index (χ2v) is 3.70. The number of carbonyl (C=O) groups excluding carboxylic acids is 2. The van der Waals surface area contributed by atoms with Gasteiger partial charge in [-0.1, -0.05) is 0 Å². The van der Waals surface area contributed by atoms with E-state index in [9.17, 15) is 9.59 Å². The summed E-state index contributed by atoms with van der Waals surface area (Å²) in [6, 6.07) is 0. The van der Waals surface area contributed by atoms with Gasteiger partial charge in [0.2, 0.25) is 0 Å². The molecule has 1 aromatic heterocycles. The molecule has 0 unspecified atom stereocenters. The van der Waals surface area contributed by atoms with Gasteiger partial charge in [-0.3, -0.25) is 9.59 Å². The summed E-state index contributed by atoms with van der Waals surface area (Å²) in [6.45, 7) is -0.966. The van der Waals surface area contributed by atoms with Gasteiger partial charge in [0, 0.05) is 26.2 Å². The average molecular weight is 256 g/mol. The fourth-order valence-corrected chi connectivity index (χ4v) is 1.65. The third kappa shape index (κ3) is 3.59. The minimum atomic E-state index is -0.966. The summed E-state index contributed by atoms with van der Waals surface area (Å²) in [4.78, 5) is 25.4.